The molecule has 0 aliphatic heterocycles. The van der Waals surface area contributed by atoms with Gasteiger partial charge in [-0.1, -0.05) is 0 Å². The van der Waals surface area contributed by atoms with Crippen LogP contribution in [0.4, 0.5) is 27.1 Å². The fourth-order valence-electron chi connectivity index (χ4n) is 1.38. The van der Waals surface area contributed by atoms with Crippen molar-refractivity contribution >= 4 is 16.5 Å². The first kappa shape index (κ1) is 13.7. The molecule has 1 aromatic heterocycles. The third-order valence-electron chi connectivity index (χ3n) is 2.16. The Kier molecular flexibility index (Phi) is 3.70. The summed E-state index contributed by atoms with van der Waals surface area (Å²) in [4.78, 5) is 3.34. The van der Waals surface area contributed by atoms with Gasteiger partial charge in [0.1, 0.15) is 11.6 Å². The number of benzene rings is 1. The third-order valence-corrected chi connectivity index (χ3v) is 2.96. The van der Waals surface area contributed by atoms with Crippen LogP contribution in [0.5, 0.6) is 0 Å². The highest BCUT2D eigenvalue weighted by Crippen LogP contribution is 2.31. The molecule has 0 radical (unpaired) electrons. The topological polar surface area (TPSA) is 24.9 Å². The van der Waals surface area contributed by atoms with Crippen molar-refractivity contribution in [3.63, 3.8) is 0 Å². The summed E-state index contributed by atoms with van der Waals surface area (Å²) in [6.07, 6.45) is -4.50. The predicted molar refractivity (Wildman–Crippen MR) is 60.8 cm³/mol. The van der Waals surface area contributed by atoms with Crippen LogP contribution in [0.3, 0.4) is 0 Å². The highest BCUT2D eigenvalue weighted by molar-refractivity contribution is 7.13. The van der Waals surface area contributed by atoms with E-state index < -0.39 is 23.5 Å². The Balaban J connectivity index is 2.04. The quantitative estimate of drug-likeness (QED) is 0.864. The summed E-state index contributed by atoms with van der Waals surface area (Å²) < 4.78 is 62.6. The average Bonchev–Trinajstić information content (AvgIpc) is 2.73. The molecule has 0 aliphatic rings. The molecule has 2 aromatic rings. The lowest BCUT2D eigenvalue weighted by Gasteiger charge is -2.04. The number of rotatable bonds is 3. The minimum Gasteiger partial charge on any atom is -0.357 e. The molecule has 0 unspecified atom stereocenters. The molecule has 0 amide bonds. The number of nitrogens with zero attached hydrogens (tertiary/aromatic N) is 1. The fraction of sp³-hybridized carbons (Fsp3) is 0.182. The molecular weight excluding hydrogens is 287 g/mol. The Morgan fingerprint density at radius 3 is 2.26 bits per heavy atom. The summed E-state index contributed by atoms with van der Waals surface area (Å²) in [5.41, 5.74) is -0.716. The van der Waals surface area contributed by atoms with Crippen LogP contribution >= 0.6 is 11.3 Å². The van der Waals surface area contributed by atoms with Crippen molar-refractivity contribution in [3.05, 3.63) is 46.5 Å². The average molecular weight is 294 g/mol. The Labute approximate surface area is 108 Å². The van der Waals surface area contributed by atoms with Crippen LogP contribution in [0, 0.1) is 11.6 Å². The fourth-order valence-corrected chi connectivity index (χ4v) is 2.09. The van der Waals surface area contributed by atoms with Crippen molar-refractivity contribution in [2.75, 3.05) is 5.32 Å². The minimum atomic E-state index is -4.50. The van der Waals surface area contributed by atoms with E-state index in [9.17, 15) is 22.0 Å². The summed E-state index contributed by atoms with van der Waals surface area (Å²) >= 11 is 0.774. The van der Waals surface area contributed by atoms with E-state index in [4.69, 9.17) is 0 Å². The van der Waals surface area contributed by atoms with Gasteiger partial charge in [-0.3, -0.25) is 0 Å². The second-order valence-corrected chi connectivity index (χ2v) is 4.53. The van der Waals surface area contributed by atoms with Crippen molar-refractivity contribution in [3.8, 4) is 0 Å². The standard InChI is InChI=1S/C11H7F5N2S/c12-7-1-6(2-8(13)3-7)4-17-10-18-9(5-19-10)11(14,15)16/h1-3,5H,4H2,(H,17,18). The zero-order chi connectivity index (χ0) is 14.0. The van der Waals surface area contributed by atoms with Crippen LogP contribution < -0.4 is 5.32 Å². The monoisotopic (exact) mass is 294 g/mol. The molecule has 102 valence electrons. The van der Waals surface area contributed by atoms with Gasteiger partial charge in [0.25, 0.3) is 0 Å². The van der Waals surface area contributed by atoms with E-state index in [0.29, 0.717) is 6.07 Å². The molecule has 1 aromatic carbocycles. The zero-order valence-corrected chi connectivity index (χ0v) is 10.1. The second kappa shape index (κ2) is 5.12. The van der Waals surface area contributed by atoms with Gasteiger partial charge in [0, 0.05) is 18.0 Å². The molecule has 8 heteroatoms. The summed E-state index contributed by atoms with van der Waals surface area (Å²) in [6, 6.07) is 2.90. The van der Waals surface area contributed by atoms with Crippen molar-refractivity contribution in [1.29, 1.82) is 0 Å². The van der Waals surface area contributed by atoms with Crippen LogP contribution in [0.1, 0.15) is 11.3 Å². The van der Waals surface area contributed by atoms with E-state index >= 15 is 0 Å². The van der Waals surface area contributed by atoms with E-state index in [1.807, 2.05) is 0 Å². The maximum absolute atomic E-state index is 12.9. The highest BCUT2D eigenvalue weighted by Gasteiger charge is 2.33. The number of thiazole rings is 1. The van der Waals surface area contributed by atoms with Gasteiger partial charge in [0.15, 0.2) is 10.8 Å². The van der Waals surface area contributed by atoms with Gasteiger partial charge in [-0.2, -0.15) is 13.2 Å². The highest BCUT2D eigenvalue weighted by atomic mass is 32.1. The maximum atomic E-state index is 12.9. The van der Waals surface area contributed by atoms with E-state index in [-0.39, 0.29) is 17.2 Å². The summed E-state index contributed by atoms with van der Waals surface area (Å²) in [5.74, 6) is -1.49. The van der Waals surface area contributed by atoms with Crippen LogP contribution in [-0.4, -0.2) is 4.98 Å². The summed E-state index contributed by atoms with van der Waals surface area (Å²) in [5, 5.41) is 3.49. The molecule has 0 saturated carbocycles. The number of aromatic nitrogens is 1. The summed E-state index contributed by atoms with van der Waals surface area (Å²) in [6.45, 7) is -0.0144. The Bertz CT molecular complexity index is 558. The SMILES string of the molecule is Fc1cc(F)cc(CNc2nc(C(F)(F)F)cs2)c1. The number of hydrogen-bond donors (Lipinski definition) is 1. The molecule has 0 spiro atoms. The largest absolute Gasteiger partial charge is 0.434 e. The first-order valence-electron chi connectivity index (χ1n) is 5.06. The Morgan fingerprint density at radius 2 is 1.74 bits per heavy atom. The van der Waals surface area contributed by atoms with Gasteiger partial charge in [-0.05, 0) is 17.7 Å². The van der Waals surface area contributed by atoms with Gasteiger partial charge < -0.3 is 5.32 Å². The molecule has 19 heavy (non-hydrogen) atoms. The molecule has 0 saturated heterocycles. The zero-order valence-electron chi connectivity index (χ0n) is 9.26. The van der Waals surface area contributed by atoms with E-state index in [2.05, 4.69) is 10.3 Å². The van der Waals surface area contributed by atoms with Gasteiger partial charge in [-0.25, -0.2) is 13.8 Å². The van der Waals surface area contributed by atoms with Crippen molar-refractivity contribution in [2.45, 2.75) is 12.7 Å². The lowest BCUT2D eigenvalue weighted by molar-refractivity contribution is -0.140. The van der Waals surface area contributed by atoms with Crippen LogP contribution in [-0.2, 0) is 12.7 Å². The van der Waals surface area contributed by atoms with E-state index in [1.165, 1.54) is 0 Å². The minimum absolute atomic E-state index is 0.0144. The molecule has 0 aliphatic carbocycles. The van der Waals surface area contributed by atoms with Crippen molar-refractivity contribution in [2.24, 2.45) is 0 Å². The molecule has 0 bridgehead atoms. The number of anilines is 1. The first-order valence-corrected chi connectivity index (χ1v) is 5.94. The second-order valence-electron chi connectivity index (χ2n) is 3.67. The van der Waals surface area contributed by atoms with Crippen molar-refractivity contribution in [1.82, 2.24) is 4.98 Å². The molecule has 2 nitrogen and oxygen atoms in total. The van der Waals surface area contributed by atoms with Gasteiger partial charge in [0.05, 0.1) is 0 Å². The molecule has 0 atom stereocenters. The molecule has 2 rings (SSSR count). The maximum Gasteiger partial charge on any atom is 0.434 e. The van der Waals surface area contributed by atoms with Gasteiger partial charge in [-0.15, -0.1) is 11.3 Å². The summed E-state index contributed by atoms with van der Waals surface area (Å²) in [7, 11) is 0. The smallest absolute Gasteiger partial charge is 0.357 e. The predicted octanol–water partition coefficient (Wildman–Crippen LogP) is 4.05. The molecule has 1 N–H and O–H groups in total. The number of hydrogen-bond acceptors (Lipinski definition) is 3. The van der Waals surface area contributed by atoms with Crippen molar-refractivity contribution < 1.29 is 22.0 Å². The lowest BCUT2D eigenvalue weighted by atomic mass is 10.2. The molecular formula is C11H7F5N2S. The van der Waals surface area contributed by atoms with Crippen LogP contribution in [0.25, 0.3) is 0 Å². The first-order chi connectivity index (χ1) is 8.84. The number of nitrogens with one attached hydrogen (secondary N) is 1. The Hall–Kier alpha value is -1.70. The van der Waals surface area contributed by atoms with E-state index in [1.54, 1.807) is 0 Å². The Morgan fingerprint density at radius 1 is 1.11 bits per heavy atom. The number of halogens is 5. The van der Waals surface area contributed by atoms with Gasteiger partial charge >= 0.3 is 6.18 Å². The van der Waals surface area contributed by atoms with Crippen LogP contribution in [0.15, 0.2) is 23.6 Å². The molecule has 1 heterocycles. The third kappa shape index (κ3) is 3.63. The van der Waals surface area contributed by atoms with Crippen LogP contribution in [0.2, 0.25) is 0 Å². The lowest BCUT2D eigenvalue weighted by Crippen LogP contribution is -2.06. The number of alkyl halides is 3. The normalized spacial score (nSPS) is 11.6. The van der Waals surface area contributed by atoms with Gasteiger partial charge in [0.2, 0.25) is 0 Å². The van der Waals surface area contributed by atoms with E-state index in [0.717, 1.165) is 28.8 Å². The molecule has 0 fully saturated rings.